The Balaban J connectivity index is 2.09. The molecule has 2 unspecified atom stereocenters. The summed E-state index contributed by atoms with van der Waals surface area (Å²) >= 11 is 6.65. The number of carboxylic acid groups (broad SMARTS) is 1. The minimum absolute atomic E-state index is 0.172. The highest BCUT2D eigenvalue weighted by Crippen LogP contribution is 2.44. The van der Waals surface area contributed by atoms with Crippen LogP contribution in [-0.4, -0.2) is 47.3 Å². The molecule has 28 heavy (non-hydrogen) atoms. The molecule has 1 N–H and O–H groups in total. The van der Waals surface area contributed by atoms with Crippen molar-refractivity contribution >= 4 is 40.6 Å². The summed E-state index contributed by atoms with van der Waals surface area (Å²) in [6.45, 7) is 1.81. The van der Waals surface area contributed by atoms with Crippen LogP contribution >= 0.6 is 23.6 Å². The van der Waals surface area contributed by atoms with E-state index in [-0.39, 0.29) is 10.7 Å². The van der Waals surface area contributed by atoms with Crippen LogP contribution in [0.2, 0.25) is 0 Å². The van der Waals surface area contributed by atoms with E-state index in [1.807, 2.05) is 5.38 Å². The van der Waals surface area contributed by atoms with Crippen molar-refractivity contribution in [3.63, 3.8) is 0 Å². The monoisotopic (exact) mass is 421 g/mol. The van der Waals surface area contributed by atoms with Crippen molar-refractivity contribution in [2.45, 2.75) is 25.0 Å². The lowest BCUT2D eigenvalue weighted by atomic mass is 9.89. The van der Waals surface area contributed by atoms with Crippen molar-refractivity contribution < 1.29 is 28.9 Å². The number of hydrogen-bond acceptors (Lipinski definition) is 7. The van der Waals surface area contributed by atoms with E-state index >= 15 is 0 Å². The zero-order chi connectivity index (χ0) is 20.5. The molecule has 1 aliphatic heterocycles. The lowest BCUT2D eigenvalue weighted by molar-refractivity contribution is -0.145. The van der Waals surface area contributed by atoms with E-state index in [0.717, 1.165) is 4.90 Å². The fourth-order valence-electron chi connectivity index (χ4n) is 3.30. The summed E-state index contributed by atoms with van der Waals surface area (Å²) in [5.74, 6) is -0.985. The molecule has 1 aromatic heterocycles. The molecule has 7 nitrogen and oxygen atoms in total. The number of carboxylic acids is 1. The van der Waals surface area contributed by atoms with Gasteiger partial charge in [0.1, 0.15) is 11.5 Å². The van der Waals surface area contributed by atoms with Crippen LogP contribution in [0, 0.1) is 0 Å². The highest BCUT2D eigenvalue weighted by molar-refractivity contribution is 7.80. The predicted octanol–water partition coefficient (Wildman–Crippen LogP) is 3.28. The number of rotatable bonds is 6. The zero-order valence-electron chi connectivity index (χ0n) is 15.5. The quantitative estimate of drug-likeness (QED) is 0.717. The molecule has 1 amide bonds. The SMILES string of the molecule is CCC1(c2cccs2)OC(=S)N(C(=O)c2cc(OC)cc(OC)c2)C1C(=O)O. The fraction of sp³-hybridized carbons (Fsp3) is 0.316. The Morgan fingerprint density at radius 2 is 1.93 bits per heavy atom. The van der Waals surface area contributed by atoms with Gasteiger partial charge in [-0.2, -0.15) is 0 Å². The second-order valence-electron chi connectivity index (χ2n) is 6.11. The third-order valence-electron chi connectivity index (χ3n) is 4.68. The molecule has 1 aliphatic rings. The predicted molar refractivity (Wildman–Crippen MR) is 107 cm³/mol. The summed E-state index contributed by atoms with van der Waals surface area (Å²) in [6.07, 6.45) is 0.329. The molecule has 2 heterocycles. The molecule has 3 rings (SSSR count). The maximum absolute atomic E-state index is 13.3. The molecule has 0 bridgehead atoms. The highest BCUT2D eigenvalue weighted by atomic mass is 32.1. The number of nitrogens with zero attached hydrogens (tertiary/aromatic N) is 1. The van der Waals surface area contributed by atoms with Gasteiger partial charge >= 0.3 is 5.97 Å². The van der Waals surface area contributed by atoms with Gasteiger partial charge in [0.25, 0.3) is 11.1 Å². The molecule has 1 aromatic carbocycles. The van der Waals surface area contributed by atoms with Crippen molar-refractivity contribution in [2.75, 3.05) is 14.2 Å². The average Bonchev–Trinajstić information content (AvgIpc) is 3.33. The number of thiophene rings is 1. The summed E-state index contributed by atoms with van der Waals surface area (Å²) in [5.41, 5.74) is -1.05. The summed E-state index contributed by atoms with van der Waals surface area (Å²) in [7, 11) is 2.93. The number of thiocarbonyl (C=S) groups is 1. The molecule has 0 saturated carbocycles. The topological polar surface area (TPSA) is 85.3 Å². The zero-order valence-corrected chi connectivity index (χ0v) is 17.1. The van der Waals surface area contributed by atoms with Crippen LogP contribution in [0.25, 0.3) is 0 Å². The van der Waals surface area contributed by atoms with E-state index in [0.29, 0.717) is 22.8 Å². The molecule has 148 valence electrons. The Morgan fingerprint density at radius 3 is 2.39 bits per heavy atom. The Kier molecular flexibility index (Phi) is 5.57. The lowest BCUT2D eigenvalue weighted by Crippen LogP contribution is -2.50. The van der Waals surface area contributed by atoms with E-state index in [4.69, 9.17) is 26.4 Å². The molecule has 1 fully saturated rings. The fourth-order valence-corrected chi connectivity index (χ4v) is 4.59. The number of aliphatic carboxylic acids is 1. The number of hydrogen-bond donors (Lipinski definition) is 1. The van der Waals surface area contributed by atoms with Crippen molar-refractivity contribution in [3.8, 4) is 11.5 Å². The molecule has 2 aromatic rings. The van der Waals surface area contributed by atoms with Crippen LogP contribution < -0.4 is 9.47 Å². The number of benzene rings is 1. The Bertz CT molecular complexity index is 891. The lowest BCUT2D eigenvalue weighted by Gasteiger charge is -2.30. The van der Waals surface area contributed by atoms with Gasteiger partial charge in [0.2, 0.25) is 0 Å². The maximum atomic E-state index is 13.3. The van der Waals surface area contributed by atoms with Gasteiger partial charge in [-0.25, -0.2) is 9.69 Å². The third kappa shape index (κ3) is 3.20. The third-order valence-corrected chi connectivity index (χ3v) is 5.99. The van der Waals surface area contributed by atoms with E-state index in [9.17, 15) is 14.7 Å². The second kappa shape index (κ2) is 7.76. The molecule has 9 heteroatoms. The van der Waals surface area contributed by atoms with Gasteiger partial charge in [0, 0.05) is 11.6 Å². The number of carbonyl (C=O) groups excluding carboxylic acids is 1. The van der Waals surface area contributed by atoms with Gasteiger partial charge in [-0.05, 0) is 42.2 Å². The molecular weight excluding hydrogens is 402 g/mol. The van der Waals surface area contributed by atoms with Crippen LogP contribution in [-0.2, 0) is 15.1 Å². The Hall–Kier alpha value is -2.65. The van der Waals surface area contributed by atoms with E-state index in [2.05, 4.69) is 0 Å². The Morgan fingerprint density at radius 1 is 1.29 bits per heavy atom. The van der Waals surface area contributed by atoms with Crippen LogP contribution in [0.3, 0.4) is 0 Å². The molecule has 0 spiro atoms. The number of amides is 1. The van der Waals surface area contributed by atoms with Gasteiger partial charge in [-0.15, -0.1) is 11.3 Å². The summed E-state index contributed by atoms with van der Waals surface area (Å²) < 4.78 is 16.3. The number of ether oxygens (including phenoxy) is 3. The van der Waals surface area contributed by atoms with Gasteiger partial charge in [0.05, 0.1) is 19.1 Å². The van der Waals surface area contributed by atoms with Gasteiger partial charge in [0.15, 0.2) is 11.6 Å². The first-order chi connectivity index (χ1) is 13.4. The van der Waals surface area contributed by atoms with Crippen LogP contribution in [0.5, 0.6) is 11.5 Å². The van der Waals surface area contributed by atoms with E-state index in [1.54, 1.807) is 25.1 Å². The van der Waals surface area contributed by atoms with Crippen LogP contribution in [0.4, 0.5) is 0 Å². The van der Waals surface area contributed by atoms with E-state index < -0.39 is 23.5 Å². The highest BCUT2D eigenvalue weighted by Gasteiger charge is 2.59. The first kappa shape index (κ1) is 20.1. The molecule has 0 aliphatic carbocycles. The van der Waals surface area contributed by atoms with Crippen molar-refractivity contribution in [1.82, 2.24) is 4.90 Å². The molecule has 1 saturated heterocycles. The standard InChI is InChI=1S/C19H19NO6S2/c1-4-19(14-6-5-7-28-14)15(17(22)23)20(18(27)26-19)16(21)11-8-12(24-2)10-13(9-11)25-3/h5-10,15H,4H2,1-3H3,(H,22,23). The van der Waals surface area contributed by atoms with Crippen molar-refractivity contribution in [2.24, 2.45) is 0 Å². The van der Waals surface area contributed by atoms with Gasteiger partial charge in [-0.1, -0.05) is 13.0 Å². The van der Waals surface area contributed by atoms with Crippen LogP contribution in [0.15, 0.2) is 35.7 Å². The number of methoxy groups -OCH3 is 2. The van der Waals surface area contributed by atoms with Crippen LogP contribution in [0.1, 0.15) is 28.6 Å². The van der Waals surface area contributed by atoms with Gasteiger partial charge in [-0.3, -0.25) is 4.79 Å². The number of carbonyl (C=O) groups is 2. The minimum atomic E-state index is -1.30. The largest absolute Gasteiger partial charge is 0.497 e. The smallest absolute Gasteiger partial charge is 0.331 e. The molecule has 2 atom stereocenters. The Labute approximate surface area is 171 Å². The summed E-state index contributed by atoms with van der Waals surface area (Å²) in [6, 6.07) is 6.92. The summed E-state index contributed by atoms with van der Waals surface area (Å²) in [4.78, 5) is 27.2. The van der Waals surface area contributed by atoms with E-state index in [1.165, 1.54) is 37.7 Å². The molecular formula is C19H19NO6S2. The minimum Gasteiger partial charge on any atom is -0.497 e. The summed E-state index contributed by atoms with van der Waals surface area (Å²) in [5, 5.41) is 11.6. The first-order valence-corrected chi connectivity index (χ1v) is 9.73. The normalized spacial score (nSPS) is 21.3. The van der Waals surface area contributed by atoms with Crippen molar-refractivity contribution in [1.29, 1.82) is 0 Å². The maximum Gasteiger partial charge on any atom is 0.331 e. The average molecular weight is 421 g/mol. The molecule has 0 radical (unpaired) electrons. The first-order valence-electron chi connectivity index (χ1n) is 8.44. The second-order valence-corrected chi connectivity index (χ2v) is 7.40. The van der Waals surface area contributed by atoms with Crippen molar-refractivity contribution in [3.05, 3.63) is 46.2 Å². The van der Waals surface area contributed by atoms with Gasteiger partial charge < -0.3 is 19.3 Å².